The number of aromatic amines is 1. The second-order valence-corrected chi connectivity index (χ2v) is 6.84. The van der Waals surface area contributed by atoms with E-state index >= 15 is 0 Å². The highest BCUT2D eigenvalue weighted by atomic mass is 31.2. The minimum absolute atomic E-state index is 0.0386. The average Bonchev–Trinajstić information content (AvgIpc) is 2.68. The maximum absolute atomic E-state index is 11.8. The summed E-state index contributed by atoms with van der Waals surface area (Å²) in [7, 11) is -4.43. The van der Waals surface area contributed by atoms with Gasteiger partial charge in [-0.1, -0.05) is 0 Å². The second-order valence-electron chi connectivity index (χ2n) is 5.26. The molecule has 0 aromatic carbocycles. The van der Waals surface area contributed by atoms with Gasteiger partial charge in [-0.3, -0.25) is 18.9 Å². The molecule has 3 atom stereocenters. The fourth-order valence-electron chi connectivity index (χ4n) is 2.11. The standard InChI is InChI=1S/C11H17N2O8P/c1-6-4-13(10(16)12-9(6)15)8-3-7(14)11(2,21-8)20-5-22(17,18)19/h4,7-8,14H,3,5H2,1-2H3,(H,12,15,16)(H2,17,18,19)/t7-,8+,11+/m0/s1. The predicted octanol–water partition coefficient (Wildman–Crippen LogP) is -1.01. The van der Waals surface area contributed by atoms with Crippen LogP contribution in [0.3, 0.4) is 0 Å². The summed E-state index contributed by atoms with van der Waals surface area (Å²) in [6.07, 6.45) is -1.81. The number of aliphatic hydroxyl groups is 1. The molecule has 124 valence electrons. The highest BCUT2D eigenvalue weighted by Gasteiger charge is 2.47. The molecule has 0 radical (unpaired) electrons. The van der Waals surface area contributed by atoms with E-state index in [1.165, 1.54) is 20.0 Å². The first-order valence-electron chi connectivity index (χ1n) is 6.38. The Morgan fingerprint density at radius 2 is 2.18 bits per heavy atom. The van der Waals surface area contributed by atoms with Gasteiger partial charge in [0.15, 0.2) is 12.1 Å². The second kappa shape index (κ2) is 5.73. The summed E-state index contributed by atoms with van der Waals surface area (Å²) in [5.74, 6) is -1.67. The first-order valence-corrected chi connectivity index (χ1v) is 8.18. The molecular weight excluding hydrogens is 319 g/mol. The van der Waals surface area contributed by atoms with Crippen molar-refractivity contribution in [3.05, 3.63) is 32.6 Å². The Morgan fingerprint density at radius 3 is 2.77 bits per heavy atom. The van der Waals surface area contributed by atoms with Crippen molar-refractivity contribution >= 4 is 7.60 Å². The molecule has 2 heterocycles. The van der Waals surface area contributed by atoms with Crippen molar-refractivity contribution in [3.63, 3.8) is 0 Å². The Morgan fingerprint density at radius 1 is 1.55 bits per heavy atom. The number of nitrogens with zero attached hydrogens (tertiary/aromatic N) is 1. The largest absolute Gasteiger partial charge is 0.387 e. The topological polar surface area (TPSA) is 151 Å². The van der Waals surface area contributed by atoms with E-state index in [1.54, 1.807) is 0 Å². The minimum Gasteiger partial charge on any atom is -0.387 e. The smallest absolute Gasteiger partial charge is 0.351 e. The SMILES string of the molecule is Cc1cn([C@H]2C[C@H](O)[C@](C)(OCP(=O)(O)O)O2)c(=O)[nH]c1=O. The lowest BCUT2D eigenvalue weighted by atomic mass is 10.1. The molecule has 0 unspecified atom stereocenters. The van der Waals surface area contributed by atoms with Crippen LogP contribution in [0.4, 0.5) is 0 Å². The van der Waals surface area contributed by atoms with Gasteiger partial charge >= 0.3 is 13.3 Å². The van der Waals surface area contributed by atoms with Gasteiger partial charge < -0.3 is 24.4 Å². The number of hydrogen-bond donors (Lipinski definition) is 4. The number of hydrogen-bond acceptors (Lipinski definition) is 6. The summed E-state index contributed by atoms with van der Waals surface area (Å²) < 4.78 is 22.4. The monoisotopic (exact) mass is 336 g/mol. The van der Waals surface area contributed by atoms with Gasteiger partial charge in [-0.25, -0.2) is 4.79 Å². The van der Waals surface area contributed by atoms with Crippen molar-refractivity contribution in [2.24, 2.45) is 0 Å². The number of aliphatic hydroxyl groups excluding tert-OH is 1. The zero-order valence-corrected chi connectivity index (χ0v) is 12.8. The molecule has 1 aliphatic heterocycles. The third-order valence-corrected chi connectivity index (χ3v) is 3.84. The quantitative estimate of drug-likeness (QED) is 0.511. The molecule has 1 aromatic heterocycles. The van der Waals surface area contributed by atoms with Gasteiger partial charge in [0.05, 0.1) is 0 Å². The predicted molar refractivity (Wildman–Crippen MR) is 73.2 cm³/mol. The molecule has 0 aliphatic carbocycles. The Bertz CT molecular complexity index is 722. The number of nitrogens with one attached hydrogen (secondary N) is 1. The molecule has 1 fully saturated rings. The molecule has 10 nitrogen and oxygen atoms in total. The maximum atomic E-state index is 11.8. The molecular formula is C11H17N2O8P. The van der Waals surface area contributed by atoms with E-state index in [4.69, 9.17) is 19.3 Å². The van der Waals surface area contributed by atoms with E-state index in [2.05, 4.69) is 4.98 Å². The Kier molecular flexibility index (Phi) is 4.44. The van der Waals surface area contributed by atoms with Crippen LogP contribution in [0.25, 0.3) is 0 Å². The minimum atomic E-state index is -4.43. The Hall–Kier alpha value is -1.29. The highest BCUT2D eigenvalue weighted by molar-refractivity contribution is 7.51. The number of H-pyrrole nitrogens is 1. The summed E-state index contributed by atoms with van der Waals surface area (Å²) >= 11 is 0. The fraction of sp³-hybridized carbons (Fsp3) is 0.636. The van der Waals surface area contributed by atoms with Crippen LogP contribution in [0.2, 0.25) is 0 Å². The van der Waals surface area contributed by atoms with Crippen LogP contribution in [0.1, 0.15) is 25.1 Å². The van der Waals surface area contributed by atoms with Crippen molar-refractivity contribution < 1.29 is 28.9 Å². The van der Waals surface area contributed by atoms with Crippen molar-refractivity contribution in [2.45, 2.75) is 38.4 Å². The molecule has 1 aliphatic rings. The average molecular weight is 336 g/mol. The lowest BCUT2D eigenvalue weighted by Crippen LogP contribution is -2.39. The van der Waals surface area contributed by atoms with Crippen LogP contribution < -0.4 is 11.2 Å². The van der Waals surface area contributed by atoms with E-state index in [9.17, 15) is 19.3 Å². The van der Waals surface area contributed by atoms with Crippen molar-refractivity contribution in [2.75, 3.05) is 6.35 Å². The van der Waals surface area contributed by atoms with Gasteiger partial charge in [-0.2, -0.15) is 0 Å². The summed E-state index contributed by atoms with van der Waals surface area (Å²) in [5.41, 5.74) is -0.963. The van der Waals surface area contributed by atoms with E-state index in [0.29, 0.717) is 0 Å². The number of ether oxygens (including phenoxy) is 2. The van der Waals surface area contributed by atoms with E-state index in [0.717, 1.165) is 4.57 Å². The molecule has 0 amide bonds. The van der Waals surface area contributed by atoms with Crippen LogP contribution in [0.15, 0.2) is 15.8 Å². The number of rotatable bonds is 4. The van der Waals surface area contributed by atoms with Crippen molar-refractivity contribution in [1.82, 2.24) is 9.55 Å². The summed E-state index contributed by atoms with van der Waals surface area (Å²) in [5, 5.41) is 10.0. The Balaban J connectivity index is 2.24. The molecule has 1 aromatic rings. The van der Waals surface area contributed by atoms with Gasteiger partial charge in [0, 0.05) is 18.2 Å². The van der Waals surface area contributed by atoms with Gasteiger partial charge in [0.2, 0.25) is 0 Å². The Labute approximate surface area is 124 Å². The molecule has 0 spiro atoms. The first kappa shape index (κ1) is 17.1. The summed E-state index contributed by atoms with van der Waals surface area (Å²) in [6, 6.07) is 0. The third kappa shape index (κ3) is 3.54. The molecule has 1 saturated heterocycles. The van der Waals surface area contributed by atoms with Crippen LogP contribution in [0.5, 0.6) is 0 Å². The number of aromatic nitrogens is 2. The lowest BCUT2D eigenvalue weighted by Gasteiger charge is -2.28. The van der Waals surface area contributed by atoms with Crippen LogP contribution >= 0.6 is 7.60 Å². The molecule has 0 saturated carbocycles. The lowest BCUT2D eigenvalue weighted by molar-refractivity contribution is -0.248. The molecule has 11 heteroatoms. The van der Waals surface area contributed by atoms with Crippen LogP contribution in [-0.4, -0.2) is 42.7 Å². The summed E-state index contributed by atoms with van der Waals surface area (Å²) in [4.78, 5) is 42.9. The van der Waals surface area contributed by atoms with E-state index in [-0.39, 0.29) is 12.0 Å². The zero-order chi connectivity index (χ0) is 16.7. The first-order chi connectivity index (χ1) is 10.0. The zero-order valence-electron chi connectivity index (χ0n) is 11.9. The molecule has 22 heavy (non-hydrogen) atoms. The number of aryl methyl sites for hydroxylation is 1. The molecule has 0 bridgehead atoms. The van der Waals surface area contributed by atoms with Crippen molar-refractivity contribution in [1.29, 1.82) is 0 Å². The van der Waals surface area contributed by atoms with Gasteiger partial charge in [-0.15, -0.1) is 0 Å². The van der Waals surface area contributed by atoms with E-state index < -0.39 is 43.3 Å². The van der Waals surface area contributed by atoms with Gasteiger partial charge in [0.25, 0.3) is 5.56 Å². The van der Waals surface area contributed by atoms with E-state index in [1.807, 2.05) is 0 Å². The molecule has 4 N–H and O–H groups in total. The normalized spacial score (nSPS) is 29.0. The van der Waals surface area contributed by atoms with Gasteiger partial charge in [0.1, 0.15) is 12.3 Å². The van der Waals surface area contributed by atoms with Gasteiger partial charge in [-0.05, 0) is 13.8 Å². The van der Waals surface area contributed by atoms with Crippen LogP contribution in [-0.2, 0) is 14.0 Å². The fourth-order valence-corrected chi connectivity index (χ4v) is 2.54. The maximum Gasteiger partial charge on any atom is 0.351 e. The third-order valence-electron chi connectivity index (χ3n) is 3.38. The summed E-state index contributed by atoms with van der Waals surface area (Å²) in [6.45, 7) is 2.82. The molecule has 2 rings (SSSR count). The van der Waals surface area contributed by atoms with Crippen molar-refractivity contribution in [3.8, 4) is 0 Å². The van der Waals surface area contributed by atoms with Crippen LogP contribution in [0, 0.1) is 6.92 Å². The highest BCUT2D eigenvalue weighted by Crippen LogP contribution is 2.41.